The van der Waals surface area contributed by atoms with Crippen molar-refractivity contribution in [2.24, 2.45) is 5.92 Å². The highest BCUT2D eigenvalue weighted by Gasteiger charge is 2.11. The maximum atomic E-state index is 13.6. The molecule has 0 heterocycles. The Morgan fingerprint density at radius 2 is 1.80 bits per heavy atom. The molecule has 0 saturated heterocycles. The average Bonchev–Trinajstić information content (AvgIpc) is 2.33. The summed E-state index contributed by atoms with van der Waals surface area (Å²) in [5.74, 6) is 0.555. The van der Waals surface area contributed by atoms with Gasteiger partial charge in [-0.3, -0.25) is 0 Å². The molecule has 0 amide bonds. The fourth-order valence-corrected chi connectivity index (χ4v) is 1.55. The predicted octanol–water partition coefficient (Wildman–Crippen LogP) is 3.25. The van der Waals surface area contributed by atoms with Crippen LogP contribution in [0.5, 0.6) is 11.5 Å². The lowest BCUT2D eigenvalue weighted by Crippen LogP contribution is -2.12. The summed E-state index contributed by atoms with van der Waals surface area (Å²) in [5.41, 5.74) is 5.97. The van der Waals surface area contributed by atoms with Crippen molar-refractivity contribution < 1.29 is 18.6 Å². The zero-order valence-corrected chi connectivity index (χ0v) is 12.6. The number of hydrogen-bond donors (Lipinski definition) is 1. The number of hydrogen-bond acceptors (Lipinski definition) is 4. The van der Waals surface area contributed by atoms with Crippen LogP contribution in [0.2, 0.25) is 0 Å². The van der Waals surface area contributed by atoms with Crippen LogP contribution >= 0.6 is 0 Å². The van der Waals surface area contributed by atoms with Gasteiger partial charge in [0.15, 0.2) is 11.6 Å². The lowest BCUT2D eigenvalue weighted by molar-refractivity contribution is 0.0819. The van der Waals surface area contributed by atoms with Crippen molar-refractivity contribution in [3.05, 3.63) is 17.9 Å². The molecule has 0 aliphatic carbocycles. The van der Waals surface area contributed by atoms with Crippen molar-refractivity contribution in [3.8, 4) is 11.5 Å². The number of benzene rings is 1. The zero-order chi connectivity index (χ0) is 15.1. The fraction of sp³-hybridized carbons (Fsp3) is 0.600. The first kappa shape index (κ1) is 16.6. The van der Waals surface area contributed by atoms with Crippen LogP contribution in [0.3, 0.4) is 0 Å². The third-order valence-corrected chi connectivity index (χ3v) is 2.36. The van der Waals surface area contributed by atoms with Crippen LogP contribution in [0, 0.1) is 11.7 Å². The number of nitrogens with two attached hydrogens (primary N) is 1. The maximum Gasteiger partial charge on any atom is 0.167 e. The van der Waals surface area contributed by atoms with Gasteiger partial charge in [-0.15, -0.1) is 0 Å². The second-order valence-corrected chi connectivity index (χ2v) is 5.30. The van der Waals surface area contributed by atoms with Gasteiger partial charge in [-0.25, -0.2) is 4.39 Å². The molecule has 2 N–H and O–H groups in total. The highest BCUT2D eigenvalue weighted by molar-refractivity contribution is 5.56. The molecule has 0 aliphatic rings. The first-order valence-electron chi connectivity index (χ1n) is 6.86. The molecule has 4 nitrogen and oxygen atoms in total. The van der Waals surface area contributed by atoms with Gasteiger partial charge in [-0.05, 0) is 19.8 Å². The Balaban J connectivity index is 2.56. The second kappa shape index (κ2) is 7.94. The standard InChI is InChI=1S/C15H24FNO3/c1-10(2)9-18-5-6-19-15-8-14(20-11(3)4)12(16)7-13(15)17/h7-8,10-11H,5-6,9,17H2,1-4H3. The predicted molar refractivity (Wildman–Crippen MR) is 77.7 cm³/mol. The molecule has 1 aromatic rings. The fourth-order valence-electron chi connectivity index (χ4n) is 1.55. The van der Waals surface area contributed by atoms with Gasteiger partial charge in [-0.2, -0.15) is 0 Å². The van der Waals surface area contributed by atoms with Crippen molar-refractivity contribution in [3.63, 3.8) is 0 Å². The molecule has 20 heavy (non-hydrogen) atoms. The highest BCUT2D eigenvalue weighted by atomic mass is 19.1. The number of ether oxygens (including phenoxy) is 3. The molecule has 0 saturated carbocycles. The van der Waals surface area contributed by atoms with Crippen molar-refractivity contribution in [1.29, 1.82) is 0 Å². The van der Waals surface area contributed by atoms with Crippen LogP contribution in [0.15, 0.2) is 12.1 Å². The maximum absolute atomic E-state index is 13.6. The smallest absolute Gasteiger partial charge is 0.167 e. The van der Waals surface area contributed by atoms with E-state index in [1.165, 1.54) is 12.1 Å². The Hall–Kier alpha value is -1.49. The van der Waals surface area contributed by atoms with E-state index in [1.54, 1.807) is 0 Å². The van der Waals surface area contributed by atoms with Gasteiger partial charge < -0.3 is 19.9 Å². The lowest BCUT2D eigenvalue weighted by Gasteiger charge is -2.14. The highest BCUT2D eigenvalue weighted by Crippen LogP contribution is 2.30. The minimum Gasteiger partial charge on any atom is -0.489 e. The largest absolute Gasteiger partial charge is 0.489 e. The summed E-state index contributed by atoms with van der Waals surface area (Å²) in [7, 11) is 0. The van der Waals surface area contributed by atoms with Gasteiger partial charge in [0.2, 0.25) is 0 Å². The normalized spacial score (nSPS) is 11.2. The number of nitrogen functional groups attached to an aromatic ring is 1. The van der Waals surface area contributed by atoms with Gasteiger partial charge in [0, 0.05) is 18.7 Å². The molecule has 0 aliphatic heterocycles. The monoisotopic (exact) mass is 285 g/mol. The van der Waals surface area contributed by atoms with Gasteiger partial charge in [0.1, 0.15) is 12.4 Å². The van der Waals surface area contributed by atoms with Crippen molar-refractivity contribution in [1.82, 2.24) is 0 Å². The molecule has 1 rings (SSSR count). The van der Waals surface area contributed by atoms with Gasteiger partial charge in [0.05, 0.1) is 18.4 Å². The first-order chi connectivity index (χ1) is 9.40. The summed E-state index contributed by atoms with van der Waals surface area (Å²) in [5, 5.41) is 0. The van der Waals surface area contributed by atoms with Crippen LogP contribution in [0.1, 0.15) is 27.7 Å². The third-order valence-electron chi connectivity index (χ3n) is 2.36. The summed E-state index contributed by atoms with van der Waals surface area (Å²) in [6, 6.07) is 2.69. The van der Waals surface area contributed by atoms with E-state index in [9.17, 15) is 4.39 Å². The first-order valence-corrected chi connectivity index (χ1v) is 6.86. The van der Waals surface area contributed by atoms with Crippen LogP contribution in [0.25, 0.3) is 0 Å². The second-order valence-electron chi connectivity index (χ2n) is 5.30. The van der Waals surface area contributed by atoms with E-state index >= 15 is 0 Å². The molecule has 0 atom stereocenters. The Bertz CT molecular complexity index is 422. The van der Waals surface area contributed by atoms with E-state index in [0.29, 0.717) is 31.5 Å². The van der Waals surface area contributed by atoms with Crippen LogP contribution < -0.4 is 15.2 Å². The summed E-state index contributed by atoms with van der Waals surface area (Å²) >= 11 is 0. The minimum absolute atomic E-state index is 0.115. The zero-order valence-electron chi connectivity index (χ0n) is 12.6. The van der Waals surface area contributed by atoms with Gasteiger partial charge in [-0.1, -0.05) is 13.8 Å². The molecule has 0 fully saturated rings. The average molecular weight is 285 g/mol. The summed E-state index contributed by atoms with van der Waals surface area (Å²) in [4.78, 5) is 0. The molecule has 5 heteroatoms. The molecule has 114 valence electrons. The van der Waals surface area contributed by atoms with Crippen molar-refractivity contribution in [2.45, 2.75) is 33.8 Å². The molecule has 0 unspecified atom stereocenters. The minimum atomic E-state index is -0.486. The number of halogens is 1. The van der Waals surface area contributed by atoms with E-state index in [4.69, 9.17) is 19.9 Å². The molecule has 1 aromatic carbocycles. The Morgan fingerprint density at radius 1 is 1.10 bits per heavy atom. The Morgan fingerprint density at radius 3 is 2.40 bits per heavy atom. The van der Waals surface area contributed by atoms with E-state index in [1.807, 2.05) is 13.8 Å². The molecule has 0 bridgehead atoms. The van der Waals surface area contributed by atoms with E-state index < -0.39 is 5.82 Å². The van der Waals surface area contributed by atoms with Gasteiger partial charge >= 0.3 is 0 Å². The SMILES string of the molecule is CC(C)COCCOc1cc(OC(C)C)c(F)cc1N. The molecular formula is C15H24FNO3. The van der Waals surface area contributed by atoms with E-state index in [-0.39, 0.29) is 17.5 Å². The van der Waals surface area contributed by atoms with Crippen LogP contribution in [-0.4, -0.2) is 25.9 Å². The lowest BCUT2D eigenvalue weighted by atomic mass is 10.2. The van der Waals surface area contributed by atoms with Crippen molar-refractivity contribution in [2.75, 3.05) is 25.6 Å². The van der Waals surface area contributed by atoms with Crippen LogP contribution in [0.4, 0.5) is 10.1 Å². The number of rotatable bonds is 8. The molecule has 0 radical (unpaired) electrons. The molecule has 0 spiro atoms. The van der Waals surface area contributed by atoms with Gasteiger partial charge in [0.25, 0.3) is 0 Å². The topological polar surface area (TPSA) is 53.7 Å². The van der Waals surface area contributed by atoms with E-state index in [2.05, 4.69) is 13.8 Å². The third kappa shape index (κ3) is 5.65. The number of anilines is 1. The quantitative estimate of drug-likeness (QED) is 0.588. The summed E-state index contributed by atoms with van der Waals surface area (Å²) < 4.78 is 29.9. The Kier molecular flexibility index (Phi) is 6.58. The van der Waals surface area contributed by atoms with E-state index in [0.717, 1.165) is 0 Å². The summed E-state index contributed by atoms with van der Waals surface area (Å²) in [6.07, 6.45) is -0.115. The van der Waals surface area contributed by atoms with Crippen molar-refractivity contribution >= 4 is 5.69 Å². The van der Waals surface area contributed by atoms with Crippen LogP contribution in [-0.2, 0) is 4.74 Å². The summed E-state index contributed by atoms with van der Waals surface area (Å²) in [6.45, 7) is 9.33. The molecular weight excluding hydrogens is 261 g/mol. The Labute approximate surface area is 120 Å². The molecule has 0 aromatic heterocycles.